The fourth-order valence-corrected chi connectivity index (χ4v) is 5.29. The first-order chi connectivity index (χ1) is 15.9. The SMILES string of the molecule is CCCC(=O)NS(=O)(=O)c1cc(NC(=S)NC(C)C)ccc1/C=C/c1ccc(C)cc1[SH](=O)=O. The number of thiol groups is 1. The molecule has 0 radical (unpaired) electrons. The van der Waals surface area contributed by atoms with Gasteiger partial charge in [0, 0.05) is 18.2 Å². The van der Waals surface area contributed by atoms with Crippen LogP contribution in [-0.2, 0) is 25.5 Å². The van der Waals surface area contributed by atoms with Crippen LogP contribution in [0.2, 0.25) is 0 Å². The van der Waals surface area contributed by atoms with Crippen molar-refractivity contribution in [1.29, 1.82) is 0 Å². The van der Waals surface area contributed by atoms with Gasteiger partial charge in [-0.2, -0.15) is 0 Å². The predicted octanol–water partition coefficient (Wildman–Crippen LogP) is 3.44. The summed E-state index contributed by atoms with van der Waals surface area (Å²) in [5.74, 6) is -0.614. The summed E-state index contributed by atoms with van der Waals surface area (Å²) >= 11 is 5.24. The van der Waals surface area contributed by atoms with Crippen LogP contribution in [0, 0.1) is 6.92 Å². The fraction of sp³-hybridized carbons (Fsp3) is 0.304. The minimum absolute atomic E-state index is 0.0635. The molecule has 1 amide bonds. The average Bonchev–Trinajstić information content (AvgIpc) is 2.72. The summed E-state index contributed by atoms with van der Waals surface area (Å²) < 4.78 is 51.5. The van der Waals surface area contributed by atoms with E-state index in [0.29, 0.717) is 22.8 Å². The second-order valence-corrected chi connectivity index (χ2v) is 11.0. The van der Waals surface area contributed by atoms with Crippen molar-refractivity contribution in [2.45, 2.75) is 56.4 Å². The van der Waals surface area contributed by atoms with Crippen LogP contribution in [0.15, 0.2) is 46.2 Å². The maximum Gasteiger partial charge on any atom is 0.264 e. The molecule has 8 nitrogen and oxygen atoms in total. The molecule has 0 heterocycles. The van der Waals surface area contributed by atoms with Gasteiger partial charge in [0.25, 0.3) is 10.0 Å². The zero-order valence-corrected chi connectivity index (χ0v) is 21.9. The fourth-order valence-electron chi connectivity index (χ4n) is 3.03. The monoisotopic (exact) mass is 523 g/mol. The second kappa shape index (κ2) is 12.1. The maximum atomic E-state index is 13.0. The number of sulfonamides is 1. The van der Waals surface area contributed by atoms with E-state index >= 15 is 0 Å². The van der Waals surface area contributed by atoms with Gasteiger partial charge in [-0.1, -0.05) is 37.3 Å². The van der Waals surface area contributed by atoms with Gasteiger partial charge in [-0.05, 0) is 74.3 Å². The van der Waals surface area contributed by atoms with Crippen LogP contribution in [-0.4, -0.2) is 33.9 Å². The molecule has 0 aromatic heterocycles. The van der Waals surface area contributed by atoms with Gasteiger partial charge in [-0.15, -0.1) is 0 Å². The molecule has 11 heteroatoms. The Morgan fingerprint density at radius 1 is 1.09 bits per heavy atom. The van der Waals surface area contributed by atoms with E-state index in [9.17, 15) is 21.6 Å². The number of hydrogen-bond donors (Lipinski definition) is 4. The molecule has 0 aliphatic rings. The van der Waals surface area contributed by atoms with Crippen molar-refractivity contribution in [3.63, 3.8) is 0 Å². The molecule has 34 heavy (non-hydrogen) atoms. The van der Waals surface area contributed by atoms with Crippen molar-refractivity contribution >= 4 is 61.8 Å². The van der Waals surface area contributed by atoms with Crippen molar-refractivity contribution < 1.29 is 21.6 Å². The highest BCUT2D eigenvalue weighted by atomic mass is 32.2. The lowest BCUT2D eigenvalue weighted by Gasteiger charge is -2.15. The van der Waals surface area contributed by atoms with Crippen LogP contribution in [0.4, 0.5) is 5.69 Å². The minimum atomic E-state index is -4.21. The number of carbonyl (C=O) groups is 1. The van der Waals surface area contributed by atoms with Gasteiger partial charge < -0.3 is 10.6 Å². The second-order valence-electron chi connectivity index (χ2n) is 7.94. The topological polar surface area (TPSA) is 121 Å². The van der Waals surface area contributed by atoms with E-state index in [2.05, 4.69) is 15.4 Å². The first-order valence-electron chi connectivity index (χ1n) is 10.6. The third-order valence-electron chi connectivity index (χ3n) is 4.53. The minimum Gasteiger partial charge on any atom is -0.360 e. The number of amides is 1. The normalized spacial score (nSPS) is 11.7. The van der Waals surface area contributed by atoms with Crippen LogP contribution in [0.25, 0.3) is 12.2 Å². The number of rotatable bonds is 9. The first-order valence-corrected chi connectivity index (χ1v) is 13.7. The van der Waals surface area contributed by atoms with Crippen LogP contribution >= 0.6 is 12.2 Å². The van der Waals surface area contributed by atoms with Crippen LogP contribution < -0.4 is 15.4 Å². The van der Waals surface area contributed by atoms with Crippen molar-refractivity contribution in [3.8, 4) is 0 Å². The third kappa shape index (κ3) is 7.93. The molecule has 2 aromatic rings. The third-order valence-corrected chi connectivity index (χ3v) is 6.96. The van der Waals surface area contributed by atoms with Crippen molar-refractivity contribution in [1.82, 2.24) is 10.0 Å². The lowest BCUT2D eigenvalue weighted by molar-refractivity contribution is -0.119. The highest BCUT2D eigenvalue weighted by Crippen LogP contribution is 2.24. The van der Waals surface area contributed by atoms with E-state index in [1.165, 1.54) is 18.2 Å². The quantitative estimate of drug-likeness (QED) is 0.224. The van der Waals surface area contributed by atoms with Crippen molar-refractivity contribution in [3.05, 3.63) is 53.1 Å². The summed E-state index contributed by atoms with van der Waals surface area (Å²) in [6, 6.07) is 9.61. The van der Waals surface area contributed by atoms with Gasteiger partial charge in [-0.3, -0.25) is 4.79 Å². The Morgan fingerprint density at radius 2 is 1.74 bits per heavy atom. The highest BCUT2D eigenvalue weighted by molar-refractivity contribution is 7.90. The molecule has 0 aliphatic heterocycles. The first kappa shape index (κ1) is 27.5. The summed E-state index contributed by atoms with van der Waals surface area (Å²) in [6.07, 6.45) is 3.59. The number of benzene rings is 2. The molecule has 0 saturated carbocycles. The molecule has 2 rings (SSSR count). The zero-order valence-electron chi connectivity index (χ0n) is 19.4. The molecule has 184 valence electrons. The Labute approximate surface area is 207 Å². The molecule has 0 fully saturated rings. The molecule has 3 N–H and O–H groups in total. The highest BCUT2D eigenvalue weighted by Gasteiger charge is 2.21. The number of carbonyl (C=O) groups excluding carboxylic acids is 1. The van der Waals surface area contributed by atoms with E-state index in [1.54, 1.807) is 44.2 Å². The molecule has 0 atom stereocenters. The molecule has 0 spiro atoms. The Hall–Kier alpha value is -2.76. The van der Waals surface area contributed by atoms with Crippen LogP contribution in [0.3, 0.4) is 0 Å². The average molecular weight is 524 g/mol. The van der Waals surface area contributed by atoms with Gasteiger partial charge in [0.15, 0.2) is 15.8 Å². The molecule has 0 bridgehead atoms. The van der Waals surface area contributed by atoms with E-state index in [-0.39, 0.29) is 27.8 Å². The zero-order chi connectivity index (χ0) is 25.5. The summed E-state index contributed by atoms with van der Waals surface area (Å²) in [5, 5.41) is 6.26. The van der Waals surface area contributed by atoms with Gasteiger partial charge in [0.2, 0.25) is 5.91 Å². The summed E-state index contributed by atoms with van der Waals surface area (Å²) in [4.78, 5) is 12.0. The van der Waals surface area contributed by atoms with Crippen molar-refractivity contribution in [2.24, 2.45) is 0 Å². The van der Waals surface area contributed by atoms with Gasteiger partial charge in [0.1, 0.15) is 0 Å². The van der Waals surface area contributed by atoms with Crippen LogP contribution in [0.1, 0.15) is 50.3 Å². The lowest BCUT2D eigenvalue weighted by Crippen LogP contribution is -2.34. The Bertz CT molecular complexity index is 1270. The molecule has 0 aliphatic carbocycles. The number of hydrogen-bond acceptors (Lipinski definition) is 6. The van der Waals surface area contributed by atoms with E-state index < -0.39 is 26.6 Å². The molecule has 0 unspecified atom stereocenters. The van der Waals surface area contributed by atoms with Gasteiger partial charge >= 0.3 is 0 Å². The standard InChI is InChI=1S/C23H29N3O5S3/c1-5-6-22(27)26-34(30,31)21-14-19(25-23(32)24-15(2)3)12-11-18(21)10-9-17-8-7-16(4)13-20(17)33(28)29/h7-15,33H,5-6H2,1-4H3,(H,26,27)(H2,24,25,32)/b10-9+. The molecule has 0 saturated heterocycles. The molecule has 2 aromatic carbocycles. The maximum absolute atomic E-state index is 13.0. The predicted molar refractivity (Wildman–Crippen MR) is 140 cm³/mol. The number of thiocarbonyl (C=S) groups is 1. The summed E-state index contributed by atoms with van der Waals surface area (Å²) in [6.45, 7) is 7.38. The number of aryl methyl sites for hydroxylation is 1. The molecular formula is C23H29N3O5S3. The van der Waals surface area contributed by atoms with Gasteiger partial charge in [-0.25, -0.2) is 21.6 Å². The Morgan fingerprint density at radius 3 is 2.35 bits per heavy atom. The molecular weight excluding hydrogens is 494 g/mol. The largest absolute Gasteiger partial charge is 0.360 e. The number of nitrogens with one attached hydrogen (secondary N) is 3. The lowest BCUT2D eigenvalue weighted by atomic mass is 10.1. The van der Waals surface area contributed by atoms with Gasteiger partial charge in [0.05, 0.1) is 9.79 Å². The number of anilines is 1. The van der Waals surface area contributed by atoms with E-state index in [1.807, 2.05) is 13.8 Å². The Balaban J connectivity index is 2.53. The van der Waals surface area contributed by atoms with E-state index in [0.717, 1.165) is 5.56 Å². The summed E-state index contributed by atoms with van der Waals surface area (Å²) in [5.41, 5.74) is 1.90. The Kier molecular flexibility index (Phi) is 9.77. The van der Waals surface area contributed by atoms with E-state index in [4.69, 9.17) is 12.2 Å². The van der Waals surface area contributed by atoms with Crippen LogP contribution in [0.5, 0.6) is 0 Å². The smallest absolute Gasteiger partial charge is 0.264 e. The van der Waals surface area contributed by atoms with Crippen molar-refractivity contribution in [2.75, 3.05) is 5.32 Å². The summed E-state index contributed by atoms with van der Waals surface area (Å²) in [7, 11) is -7.04.